The maximum atomic E-state index is 6.14. The van der Waals surface area contributed by atoms with Crippen molar-refractivity contribution in [1.29, 1.82) is 0 Å². The monoisotopic (exact) mass is 362 g/mol. The molecule has 1 heterocycles. The standard InChI is InChI=1S/C18H20Cl2N4/c1-18(2,12-6-7-13(19)14(20)8-12)10-22-17-23-15-5-3-4-11(9-21)16(15)24-17/h3-8H,9-10,21H2,1-2H3,(H2,22,23,24). The van der Waals surface area contributed by atoms with Gasteiger partial charge in [-0.2, -0.15) is 0 Å². The number of H-pyrrole nitrogens is 1. The number of benzene rings is 2. The van der Waals surface area contributed by atoms with Crippen LogP contribution >= 0.6 is 23.2 Å². The number of nitrogens with one attached hydrogen (secondary N) is 2. The van der Waals surface area contributed by atoms with E-state index < -0.39 is 0 Å². The van der Waals surface area contributed by atoms with Crippen LogP contribution in [0.25, 0.3) is 11.0 Å². The Morgan fingerprint density at radius 3 is 2.67 bits per heavy atom. The Labute approximate surface area is 151 Å². The maximum Gasteiger partial charge on any atom is 0.201 e. The summed E-state index contributed by atoms with van der Waals surface area (Å²) in [6.07, 6.45) is 0. The fourth-order valence-electron chi connectivity index (χ4n) is 2.66. The Morgan fingerprint density at radius 1 is 1.17 bits per heavy atom. The predicted octanol–water partition coefficient (Wildman–Crippen LogP) is 4.72. The highest BCUT2D eigenvalue weighted by Crippen LogP contribution is 2.30. The summed E-state index contributed by atoms with van der Waals surface area (Å²) < 4.78 is 0. The molecule has 0 saturated heterocycles. The highest BCUT2D eigenvalue weighted by Gasteiger charge is 2.22. The Morgan fingerprint density at radius 2 is 1.96 bits per heavy atom. The van der Waals surface area contributed by atoms with Gasteiger partial charge in [0.1, 0.15) is 0 Å². The molecule has 126 valence electrons. The lowest BCUT2D eigenvalue weighted by atomic mass is 9.84. The molecule has 0 bridgehead atoms. The van der Waals surface area contributed by atoms with Gasteiger partial charge in [0.2, 0.25) is 5.95 Å². The van der Waals surface area contributed by atoms with Gasteiger partial charge in [0.15, 0.2) is 0 Å². The van der Waals surface area contributed by atoms with E-state index in [2.05, 4.69) is 29.1 Å². The van der Waals surface area contributed by atoms with E-state index >= 15 is 0 Å². The zero-order valence-electron chi connectivity index (χ0n) is 13.7. The van der Waals surface area contributed by atoms with Crippen molar-refractivity contribution < 1.29 is 0 Å². The van der Waals surface area contributed by atoms with Crippen molar-refractivity contribution in [3.63, 3.8) is 0 Å². The first kappa shape index (κ1) is 17.1. The molecular formula is C18H20Cl2N4. The third-order valence-corrected chi connectivity index (χ3v) is 4.95. The van der Waals surface area contributed by atoms with Crippen LogP contribution in [0.2, 0.25) is 10.0 Å². The van der Waals surface area contributed by atoms with E-state index in [1.807, 2.05) is 36.4 Å². The van der Waals surface area contributed by atoms with Gasteiger partial charge >= 0.3 is 0 Å². The summed E-state index contributed by atoms with van der Waals surface area (Å²) in [5.74, 6) is 0.735. The van der Waals surface area contributed by atoms with Crippen LogP contribution in [0.3, 0.4) is 0 Å². The first-order valence-electron chi connectivity index (χ1n) is 7.78. The van der Waals surface area contributed by atoms with Gasteiger partial charge in [0.05, 0.1) is 21.1 Å². The summed E-state index contributed by atoms with van der Waals surface area (Å²) in [6.45, 7) is 5.46. The van der Waals surface area contributed by atoms with Gasteiger partial charge in [-0.1, -0.05) is 55.2 Å². The first-order chi connectivity index (χ1) is 11.4. The summed E-state index contributed by atoms with van der Waals surface area (Å²) in [6, 6.07) is 11.7. The van der Waals surface area contributed by atoms with Crippen molar-refractivity contribution in [2.24, 2.45) is 5.73 Å². The predicted molar refractivity (Wildman–Crippen MR) is 102 cm³/mol. The smallest absolute Gasteiger partial charge is 0.201 e. The largest absolute Gasteiger partial charge is 0.355 e. The van der Waals surface area contributed by atoms with Crippen LogP contribution in [0.1, 0.15) is 25.0 Å². The minimum absolute atomic E-state index is 0.135. The molecule has 0 spiro atoms. The lowest BCUT2D eigenvalue weighted by molar-refractivity contribution is 0.555. The van der Waals surface area contributed by atoms with E-state index in [-0.39, 0.29) is 5.41 Å². The number of hydrogen-bond donors (Lipinski definition) is 3. The zero-order chi connectivity index (χ0) is 17.3. The van der Waals surface area contributed by atoms with Crippen molar-refractivity contribution in [3.05, 3.63) is 57.6 Å². The summed E-state index contributed by atoms with van der Waals surface area (Å²) in [4.78, 5) is 7.91. The van der Waals surface area contributed by atoms with Crippen LogP contribution in [-0.2, 0) is 12.0 Å². The summed E-state index contributed by atoms with van der Waals surface area (Å²) in [7, 11) is 0. The molecule has 4 nitrogen and oxygen atoms in total. The quantitative estimate of drug-likeness (QED) is 0.615. The Hall–Kier alpha value is -1.75. The number of rotatable bonds is 5. The number of anilines is 1. The van der Waals surface area contributed by atoms with Crippen molar-refractivity contribution in [2.45, 2.75) is 25.8 Å². The van der Waals surface area contributed by atoms with Gasteiger partial charge in [0.25, 0.3) is 0 Å². The van der Waals surface area contributed by atoms with Gasteiger partial charge in [-0.25, -0.2) is 4.98 Å². The van der Waals surface area contributed by atoms with E-state index in [1.54, 1.807) is 0 Å². The van der Waals surface area contributed by atoms with Crippen LogP contribution in [0.4, 0.5) is 5.95 Å². The van der Waals surface area contributed by atoms with E-state index in [0.29, 0.717) is 23.1 Å². The van der Waals surface area contributed by atoms with Crippen molar-refractivity contribution in [2.75, 3.05) is 11.9 Å². The first-order valence-corrected chi connectivity index (χ1v) is 8.53. The van der Waals surface area contributed by atoms with Gasteiger partial charge in [0, 0.05) is 18.5 Å². The SMILES string of the molecule is CC(C)(CNc1nc2c(CN)cccc2[nH]1)c1ccc(Cl)c(Cl)c1. The van der Waals surface area contributed by atoms with Crippen LogP contribution in [0.15, 0.2) is 36.4 Å². The Bertz CT molecular complexity index is 871. The molecule has 0 saturated carbocycles. The molecule has 0 radical (unpaired) electrons. The third kappa shape index (κ3) is 3.36. The number of halogens is 2. The van der Waals surface area contributed by atoms with E-state index in [0.717, 1.165) is 28.1 Å². The number of nitrogens with two attached hydrogens (primary N) is 1. The average Bonchev–Trinajstić information content (AvgIpc) is 2.98. The van der Waals surface area contributed by atoms with E-state index in [9.17, 15) is 0 Å². The molecule has 3 rings (SSSR count). The number of aromatic nitrogens is 2. The minimum atomic E-state index is -0.135. The van der Waals surface area contributed by atoms with E-state index in [1.165, 1.54) is 0 Å². The second kappa shape index (κ2) is 6.63. The molecule has 4 N–H and O–H groups in total. The number of aromatic amines is 1. The lowest BCUT2D eigenvalue weighted by Gasteiger charge is -2.26. The van der Waals surface area contributed by atoms with Gasteiger partial charge < -0.3 is 16.0 Å². The van der Waals surface area contributed by atoms with Crippen molar-refractivity contribution >= 4 is 40.2 Å². The topological polar surface area (TPSA) is 66.7 Å². The maximum absolute atomic E-state index is 6.14. The molecule has 2 aromatic carbocycles. The molecule has 0 aliphatic carbocycles. The molecule has 3 aromatic rings. The second-order valence-corrected chi connectivity index (χ2v) is 7.28. The summed E-state index contributed by atoms with van der Waals surface area (Å²) in [5.41, 5.74) is 9.67. The molecule has 0 aliphatic heterocycles. The molecule has 0 fully saturated rings. The number of hydrogen-bond acceptors (Lipinski definition) is 3. The number of fused-ring (bicyclic) bond motifs is 1. The molecule has 0 aliphatic rings. The highest BCUT2D eigenvalue weighted by molar-refractivity contribution is 6.42. The lowest BCUT2D eigenvalue weighted by Crippen LogP contribution is -2.28. The molecule has 24 heavy (non-hydrogen) atoms. The summed E-state index contributed by atoms with van der Waals surface area (Å²) in [5, 5.41) is 4.51. The van der Waals surface area contributed by atoms with Crippen molar-refractivity contribution in [1.82, 2.24) is 9.97 Å². The fraction of sp³-hybridized carbons (Fsp3) is 0.278. The highest BCUT2D eigenvalue weighted by atomic mass is 35.5. The zero-order valence-corrected chi connectivity index (χ0v) is 15.2. The number of para-hydroxylation sites is 1. The fourth-order valence-corrected chi connectivity index (χ4v) is 2.96. The van der Waals surface area contributed by atoms with Crippen LogP contribution in [-0.4, -0.2) is 16.5 Å². The van der Waals surface area contributed by atoms with Gasteiger partial charge in [-0.05, 0) is 29.3 Å². The molecular weight excluding hydrogens is 343 g/mol. The molecule has 6 heteroatoms. The molecule has 1 aromatic heterocycles. The molecule has 0 unspecified atom stereocenters. The second-order valence-electron chi connectivity index (χ2n) is 6.47. The number of imidazole rings is 1. The van der Waals surface area contributed by atoms with Gasteiger partial charge in [-0.3, -0.25) is 0 Å². The third-order valence-electron chi connectivity index (χ3n) is 4.22. The van der Waals surface area contributed by atoms with Gasteiger partial charge in [-0.15, -0.1) is 0 Å². The average molecular weight is 363 g/mol. The molecule has 0 amide bonds. The Balaban J connectivity index is 1.80. The Kier molecular flexibility index (Phi) is 4.72. The number of nitrogens with zero attached hydrogens (tertiary/aromatic N) is 1. The summed E-state index contributed by atoms with van der Waals surface area (Å²) >= 11 is 12.1. The van der Waals surface area contributed by atoms with Crippen molar-refractivity contribution in [3.8, 4) is 0 Å². The van der Waals surface area contributed by atoms with Crippen LogP contribution in [0, 0.1) is 0 Å². The van der Waals surface area contributed by atoms with Crippen LogP contribution < -0.4 is 11.1 Å². The van der Waals surface area contributed by atoms with Crippen LogP contribution in [0.5, 0.6) is 0 Å². The normalized spacial score (nSPS) is 11.9. The van der Waals surface area contributed by atoms with E-state index in [4.69, 9.17) is 28.9 Å². The molecule has 0 atom stereocenters. The minimum Gasteiger partial charge on any atom is -0.355 e.